The number of nitrogens with one attached hydrogen (secondary N) is 1. The number of hydrogen-bond donors (Lipinski definition) is 1. The molecule has 1 heterocycles. The molecule has 1 amide bonds. The summed E-state index contributed by atoms with van der Waals surface area (Å²) in [5.74, 6) is 1.39. The summed E-state index contributed by atoms with van der Waals surface area (Å²) in [6.45, 7) is 6.41. The molecule has 146 valence electrons. The maximum Gasteiger partial charge on any atom is 0.322 e. The zero-order chi connectivity index (χ0) is 20.1. The standard InChI is InChI=1S/C22H25N3O3/c1-14(2)13-16-5-7-17(8-6-16)15(3)21-24-25-22(28-21)23-20(26)18-9-11-19(27-4)12-10-18/h5-12,14-15H,13H2,1-4H3,(H,23,25,26). The fourth-order valence-electron chi connectivity index (χ4n) is 2.93. The summed E-state index contributed by atoms with van der Waals surface area (Å²) in [6, 6.07) is 15.3. The van der Waals surface area contributed by atoms with Crippen LogP contribution in [0.25, 0.3) is 0 Å². The summed E-state index contributed by atoms with van der Waals surface area (Å²) in [4.78, 5) is 12.3. The summed E-state index contributed by atoms with van der Waals surface area (Å²) in [7, 11) is 1.58. The smallest absolute Gasteiger partial charge is 0.322 e. The van der Waals surface area contributed by atoms with Gasteiger partial charge in [0.1, 0.15) is 5.75 Å². The van der Waals surface area contributed by atoms with Gasteiger partial charge in [0, 0.05) is 5.56 Å². The van der Waals surface area contributed by atoms with Crippen LogP contribution in [0.15, 0.2) is 52.9 Å². The van der Waals surface area contributed by atoms with E-state index in [9.17, 15) is 4.79 Å². The van der Waals surface area contributed by atoms with E-state index in [4.69, 9.17) is 9.15 Å². The zero-order valence-corrected chi connectivity index (χ0v) is 16.6. The quantitative estimate of drug-likeness (QED) is 0.645. The van der Waals surface area contributed by atoms with Crippen molar-refractivity contribution >= 4 is 11.9 Å². The second kappa shape index (κ2) is 8.69. The molecule has 1 N–H and O–H groups in total. The number of benzene rings is 2. The Balaban J connectivity index is 1.66. The van der Waals surface area contributed by atoms with Crippen LogP contribution in [-0.2, 0) is 6.42 Å². The average Bonchev–Trinajstić information content (AvgIpc) is 3.16. The van der Waals surface area contributed by atoms with Gasteiger partial charge >= 0.3 is 6.01 Å². The lowest BCUT2D eigenvalue weighted by atomic mass is 9.97. The minimum absolute atomic E-state index is 0.0627. The predicted molar refractivity (Wildman–Crippen MR) is 108 cm³/mol. The summed E-state index contributed by atoms with van der Waals surface area (Å²) in [5, 5.41) is 10.7. The number of methoxy groups -OCH3 is 1. The first-order valence-electron chi connectivity index (χ1n) is 9.34. The van der Waals surface area contributed by atoms with Crippen LogP contribution < -0.4 is 10.1 Å². The van der Waals surface area contributed by atoms with Crippen LogP contribution in [0.3, 0.4) is 0 Å². The second-order valence-corrected chi connectivity index (χ2v) is 7.19. The molecule has 0 fully saturated rings. The first-order chi connectivity index (χ1) is 13.5. The van der Waals surface area contributed by atoms with E-state index in [-0.39, 0.29) is 17.8 Å². The van der Waals surface area contributed by atoms with Crippen molar-refractivity contribution in [3.05, 3.63) is 71.1 Å². The molecular formula is C22H25N3O3. The van der Waals surface area contributed by atoms with E-state index in [0.29, 0.717) is 23.1 Å². The van der Waals surface area contributed by atoms with Crippen molar-refractivity contribution in [3.8, 4) is 5.75 Å². The fraction of sp³-hybridized carbons (Fsp3) is 0.318. The monoisotopic (exact) mass is 379 g/mol. The van der Waals surface area contributed by atoms with Gasteiger partial charge in [0.05, 0.1) is 13.0 Å². The predicted octanol–water partition coefficient (Wildman–Crippen LogP) is 4.68. The van der Waals surface area contributed by atoms with E-state index in [0.717, 1.165) is 12.0 Å². The normalized spacial score (nSPS) is 12.0. The lowest BCUT2D eigenvalue weighted by Crippen LogP contribution is -2.11. The first-order valence-corrected chi connectivity index (χ1v) is 9.34. The Hall–Kier alpha value is -3.15. The number of carbonyl (C=O) groups excluding carboxylic acids is 1. The van der Waals surface area contributed by atoms with Crippen LogP contribution in [0.5, 0.6) is 5.75 Å². The van der Waals surface area contributed by atoms with Gasteiger partial charge in [-0.25, -0.2) is 0 Å². The van der Waals surface area contributed by atoms with Crippen LogP contribution in [0.2, 0.25) is 0 Å². The molecule has 0 aliphatic carbocycles. The summed E-state index contributed by atoms with van der Waals surface area (Å²) >= 11 is 0. The Morgan fingerprint density at radius 1 is 1.04 bits per heavy atom. The number of carbonyl (C=O) groups is 1. The Morgan fingerprint density at radius 2 is 1.71 bits per heavy atom. The zero-order valence-electron chi connectivity index (χ0n) is 16.6. The van der Waals surface area contributed by atoms with Crippen LogP contribution >= 0.6 is 0 Å². The SMILES string of the molecule is COc1ccc(C(=O)Nc2nnc(C(C)c3ccc(CC(C)C)cc3)o2)cc1. The molecule has 1 unspecified atom stereocenters. The molecule has 1 atom stereocenters. The number of ether oxygens (including phenoxy) is 1. The van der Waals surface area contributed by atoms with Gasteiger partial charge in [-0.3, -0.25) is 10.1 Å². The summed E-state index contributed by atoms with van der Waals surface area (Å²) in [6.07, 6.45) is 1.05. The summed E-state index contributed by atoms with van der Waals surface area (Å²) < 4.78 is 10.7. The van der Waals surface area contributed by atoms with E-state index in [1.54, 1.807) is 31.4 Å². The highest BCUT2D eigenvalue weighted by molar-refractivity contribution is 6.03. The van der Waals surface area contributed by atoms with Crippen molar-refractivity contribution in [3.63, 3.8) is 0 Å². The minimum atomic E-state index is -0.316. The fourth-order valence-corrected chi connectivity index (χ4v) is 2.93. The first kappa shape index (κ1) is 19.6. The Bertz CT molecular complexity index is 915. The van der Waals surface area contributed by atoms with E-state index < -0.39 is 0 Å². The van der Waals surface area contributed by atoms with Gasteiger partial charge in [-0.1, -0.05) is 43.2 Å². The third-order valence-electron chi connectivity index (χ3n) is 4.51. The van der Waals surface area contributed by atoms with Crippen molar-refractivity contribution in [2.75, 3.05) is 12.4 Å². The maximum atomic E-state index is 12.3. The Labute approximate surface area is 164 Å². The maximum absolute atomic E-state index is 12.3. The average molecular weight is 379 g/mol. The number of rotatable bonds is 7. The molecule has 6 heteroatoms. The number of anilines is 1. The van der Waals surface area contributed by atoms with Crippen molar-refractivity contribution in [1.29, 1.82) is 0 Å². The van der Waals surface area contributed by atoms with Gasteiger partial charge in [-0.15, -0.1) is 5.10 Å². The van der Waals surface area contributed by atoms with Crippen LogP contribution in [0.1, 0.15) is 54.1 Å². The molecule has 0 bridgehead atoms. The summed E-state index contributed by atoms with van der Waals surface area (Å²) in [5.41, 5.74) is 2.88. The van der Waals surface area contributed by atoms with E-state index in [2.05, 4.69) is 53.6 Å². The van der Waals surface area contributed by atoms with Crippen LogP contribution in [-0.4, -0.2) is 23.2 Å². The largest absolute Gasteiger partial charge is 0.497 e. The molecule has 6 nitrogen and oxygen atoms in total. The highest BCUT2D eigenvalue weighted by Gasteiger charge is 2.18. The van der Waals surface area contributed by atoms with Crippen molar-refractivity contribution in [2.45, 2.75) is 33.1 Å². The number of hydrogen-bond acceptors (Lipinski definition) is 5. The molecular weight excluding hydrogens is 354 g/mol. The minimum Gasteiger partial charge on any atom is -0.497 e. The van der Waals surface area contributed by atoms with E-state index >= 15 is 0 Å². The van der Waals surface area contributed by atoms with Gasteiger partial charge in [0.25, 0.3) is 5.91 Å². The third kappa shape index (κ3) is 4.76. The molecule has 3 aromatic rings. The number of aromatic nitrogens is 2. The van der Waals surface area contributed by atoms with Crippen LogP contribution in [0, 0.1) is 5.92 Å². The van der Waals surface area contributed by atoms with Gasteiger partial charge in [-0.05, 0) is 54.7 Å². The van der Waals surface area contributed by atoms with Crippen molar-refractivity contribution in [2.24, 2.45) is 5.92 Å². The van der Waals surface area contributed by atoms with Crippen molar-refractivity contribution in [1.82, 2.24) is 10.2 Å². The van der Waals surface area contributed by atoms with Gasteiger partial charge in [0.2, 0.25) is 5.89 Å². The Kier molecular flexibility index (Phi) is 6.09. The molecule has 28 heavy (non-hydrogen) atoms. The topological polar surface area (TPSA) is 77.2 Å². The lowest BCUT2D eigenvalue weighted by molar-refractivity contribution is 0.102. The van der Waals surface area contributed by atoms with Gasteiger partial charge in [-0.2, -0.15) is 0 Å². The molecule has 1 aromatic heterocycles. The van der Waals surface area contributed by atoms with Gasteiger partial charge in [0.15, 0.2) is 0 Å². The lowest BCUT2D eigenvalue weighted by Gasteiger charge is -2.09. The van der Waals surface area contributed by atoms with Crippen molar-refractivity contribution < 1.29 is 13.9 Å². The molecule has 0 spiro atoms. The highest BCUT2D eigenvalue weighted by atomic mass is 16.5. The molecule has 2 aromatic carbocycles. The number of amides is 1. The molecule has 0 aliphatic heterocycles. The highest BCUT2D eigenvalue weighted by Crippen LogP contribution is 2.25. The molecule has 0 saturated heterocycles. The molecule has 0 radical (unpaired) electrons. The second-order valence-electron chi connectivity index (χ2n) is 7.19. The molecule has 0 saturated carbocycles. The van der Waals surface area contributed by atoms with E-state index in [1.165, 1.54) is 5.56 Å². The molecule has 3 rings (SSSR count). The number of nitrogens with zero attached hydrogens (tertiary/aromatic N) is 2. The van der Waals surface area contributed by atoms with E-state index in [1.807, 2.05) is 6.92 Å². The third-order valence-corrected chi connectivity index (χ3v) is 4.51. The Morgan fingerprint density at radius 3 is 2.32 bits per heavy atom. The molecule has 0 aliphatic rings. The van der Waals surface area contributed by atoms with Gasteiger partial charge < -0.3 is 9.15 Å². The van der Waals surface area contributed by atoms with Crippen LogP contribution in [0.4, 0.5) is 6.01 Å².